The van der Waals surface area contributed by atoms with E-state index in [0.29, 0.717) is 5.28 Å². The van der Waals surface area contributed by atoms with E-state index >= 15 is 0 Å². The fraction of sp³-hybridized carbons (Fsp3) is 0.250. The molecule has 0 N–H and O–H groups in total. The van der Waals surface area contributed by atoms with E-state index in [1.165, 1.54) is 0 Å². The molecule has 0 atom stereocenters. The highest BCUT2D eigenvalue weighted by Crippen LogP contribution is 2.33. The van der Waals surface area contributed by atoms with Gasteiger partial charge in [-0.15, -0.1) is 10.2 Å². The van der Waals surface area contributed by atoms with Gasteiger partial charge < -0.3 is 0 Å². The lowest BCUT2D eigenvalue weighted by atomic mass is 9.95. The molecule has 0 saturated carbocycles. The highest BCUT2D eigenvalue weighted by atomic mass is 79.9. The summed E-state index contributed by atoms with van der Waals surface area (Å²) in [5, 5.41) is 10.9. The number of fused-ring (bicyclic) bond motifs is 1. The number of halogens is 2. The second-order valence-electron chi connectivity index (χ2n) is 5.99. The van der Waals surface area contributed by atoms with E-state index in [2.05, 4.69) is 59.0 Å². The van der Waals surface area contributed by atoms with Crippen LogP contribution in [0, 0.1) is 0 Å². The number of aromatic nitrogens is 3. The van der Waals surface area contributed by atoms with Crippen LogP contribution in [0.3, 0.4) is 0 Å². The maximum absolute atomic E-state index is 6.30. The molecule has 5 heteroatoms. The first-order chi connectivity index (χ1) is 9.89. The number of benzene rings is 2. The largest absolute Gasteiger partial charge is 0.269 e. The van der Waals surface area contributed by atoms with Crippen molar-refractivity contribution in [2.75, 3.05) is 0 Å². The van der Waals surface area contributed by atoms with Crippen molar-refractivity contribution in [2.45, 2.75) is 26.2 Å². The van der Waals surface area contributed by atoms with Crippen LogP contribution in [0.5, 0.6) is 0 Å². The number of hydrogen-bond acceptors (Lipinski definition) is 2. The van der Waals surface area contributed by atoms with Crippen LogP contribution in [0.2, 0.25) is 5.28 Å². The summed E-state index contributed by atoms with van der Waals surface area (Å²) in [6, 6.07) is 12.3. The predicted molar refractivity (Wildman–Crippen MR) is 90.3 cm³/mol. The van der Waals surface area contributed by atoms with Crippen LogP contribution in [0.1, 0.15) is 26.6 Å². The number of rotatable bonds is 1. The summed E-state index contributed by atoms with van der Waals surface area (Å²) in [5.41, 5.74) is 0.850. The Balaban J connectivity index is 2.37. The minimum Gasteiger partial charge on any atom is -0.269 e. The van der Waals surface area contributed by atoms with Gasteiger partial charge in [-0.25, -0.2) is 0 Å². The van der Waals surface area contributed by atoms with Gasteiger partial charge in [0.25, 0.3) is 0 Å². The molecule has 21 heavy (non-hydrogen) atoms. The van der Waals surface area contributed by atoms with E-state index < -0.39 is 0 Å². The van der Waals surface area contributed by atoms with Gasteiger partial charge in [0.15, 0.2) is 0 Å². The van der Waals surface area contributed by atoms with Gasteiger partial charge in [0, 0.05) is 15.3 Å². The van der Waals surface area contributed by atoms with Gasteiger partial charge in [-0.3, -0.25) is 4.57 Å². The quantitative estimate of drug-likeness (QED) is 0.599. The molecule has 0 unspecified atom stereocenters. The summed E-state index contributed by atoms with van der Waals surface area (Å²) in [7, 11) is 0. The lowest BCUT2D eigenvalue weighted by Gasteiger charge is -2.20. The topological polar surface area (TPSA) is 30.7 Å². The fourth-order valence-electron chi connectivity index (χ4n) is 2.41. The molecule has 0 aliphatic carbocycles. The van der Waals surface area contributed by atoms with Crippen LogP contribution >= 0.6 is 27.5 Å². The van der Waals surface area contributed by atoms with Crippen molar-refractivity contribution < 1.29 is 0 Å². The van der Waals surface area contributed by atoms with Crippen LogP contribution in [-0.2, 0) is 5.41 Å². The smallest absolute Gasteiger partial charge is 0.229 e. The van der Waals surface area contributed by atoms with Crippen molar-refractivity contribution >= 4 is 38.3 Å². The molecule has 0 aliphatic rings. The summed E-state index contributed by atoms with van der Waals surface area (Å²) >= 11 is 9.90. The molecule has 0 bridgehead atoms. The monoisotopic (exact) mass is 363 g/mol. The Morgan fingerprint density at radius 1 is 1.00 bits per heavy atom. The third-order valence-electron chi connectivity index (χ3n) is 3.38. The highest BCUT2D eigenvalue weighted by molar-refractivity contribution is 9.10. The molecule has 3 nitrogen and oxygen atoms in total. The maximum Gasteiger partial charge on any atom is 0.229 e. The lowest BCUT2D eigenvalue weighted by molar-refractivity contribution is 0.533. The molecular weight excluding hydrogens is 350 g/mol. The predicted octanol–water partition coefficient (Wildman–Crippen LogP) is 5.13. The normalized spacial score (nSPS) is 12.0. The van der Waals surface area contributed by atoms with Crippen molar-refractivity contribution in [1.29, 1.82) is 0 Å². The summed E-state index contributed by atoms with van der Waals surface area (Å²) in [6.07, 6.45) is 0. The van der Waals surface area contributed by atoms with Crippen LogP contribution in [-0.4, -0.2) is 14.8 Å². The summed E-state index contributed by atoms with van der Waals surface area (Å²) < 4.78 is 2.99. The van der Waals surface area contributed by atoms with Crippen molar-refractivity contribution in [3.63, 3.8) is 0 Å². The van der Waals surface area contributed by atoms with Crippen molar-refractivity contribution in [2.24, 2.45) is 0 Å². The molecule has 3 aromatic rings. The van der Waals surface area contributed by atoms with Gasteiger partial charge in [-0.1, -0.05) is 61.0 Å². The first kappa shape index (κ1) is 14.5. The lowest BCUT2D eigenvalue weighted by Crippen LogP contribution is -2.18. The highest BCUT2D eigenvalue weighted by Gasteiger charge is 2.25. The molecule has 108 valence electrons. The molecule has 3 rings (SSSR count). The molecular formula is C16H15BrClN3. The molecule has 1 heterocycles. The first-order valence-electron chi connectivity index (χ1n) is 6.68. The molecule has 0 amide bonds. The zero-order valence-electron chi connectivity index (χ0n) is 12.1. The summed E-state index contributed by atoms with van der Waals surface area (Å²) in [5.74, 6) is 0.847. The average molecular weight is 365 g/mol. The Bertz CT molecular complexity index is 818. The van der Waals surface area contributed by atoms with E-state index in [1.54, 1.807) is 0 Å². The van der Waals surface area contributed by atoms with Gasteiger partial charge >= 0.3 is 0 Å². The second kappa shape index (κ2) is 5.11. The van der Waals surface area contributed by atoms with E-state index in [9.17, 15) is 0 Å². The first-order valence-corrected chi connectivity index (χ1v) is 7.85. The van der Waals surface area contributed by atoms with Gasteiger partial charge in [0.2, 0.25) is 5.28 Å². The Labute approximate surface area is 137 Å². The standard InChI is InChI=1S/C16H15BrClN3/c1-16(2,3)14-19-20-15(18)21(14)13-9-8-12(17)10-6-4-5-7-11(10)13/h4-9H,1-3H3. The summed E-state index contributed by atoms with van der Waals surface area (Å²) in [6.45, 7) is 6.31. The van der Waals surface area contributed by atoms with Crippen molar-refractivity contribution in [3.05, 3.63) is 52.0 Å². The van der Waals surface area contributed by atoms with E-state index in [4.69, 9.17) is 11.6 Å². The van der Waals surface area contributed by atoms with Crippen LogP contribution in [0.25, 0.3) is 16.5 Å². The zero-order chi connectivity index (χ0) is 15.2. The molecule has 0 fully saturated rings. The third kappa shape index (κ3) is 2.47. The Morgan fingerprint density at radius 3 is 2.33 bits per heavy atom. The Morgan fingerprint density at radius 2 is 1.67 bits per heavy atom. The van der Waals surface area contributed by atoms with Crippen molar-refractivity contribution in [1.82, 2.24) is 14.8 Å². The van der Waals surface area contributed by atoms with Crippen molar-refractivity contribution in [3.8, 4) is 5.69 Å². The minimum atomic E-state index is -0.145. The molecule has 0 aliphatic heterocycles. The van der Waals surface area contributed by atoms with Crippen LogP contribution < -0.4 is 0 Å². The Kier molecular flexibility index (Phi) is 3.54. The van der Waals surface area contributed by atoms with Gasteiger partial charge in [0.1, 0.15) is 5.82 Å². The van der Waals surface area contributed by atoms with E-state index in [-0.39, 0.29) is 5.41 Å². The minimum absolute atomic E-state index is 0.145. The Hall–Kier alpha value is -1.39. The maximum atomic E-state index is 6.30. The summed E-state index contributed by atoms with van der Waals surface area (Å²) in [4.78, 5) is 0. The number of nitrogens with zero attached hydrogens (tertiary/aromatic N) is 3. The molecule has 0 spiro atoms. The SMILES string of the molecule is CC(C)(C)c1nnc(Cl)n1-c1ccc(Br)c2ccccc12. The molecule has 1 aromatic heterocycles. The molecule has 0 saturated heterocycles. The van der Waals surface area contributed by atoms with E-state index in [0.717, 1.165) is 26.8 Å². The zero-order valence-corrected chi connectivity index (χ0v) is 14.4. The van der Waals surface area contributed by atoms with Gasteiger partial charge in [-0.2, -0.15) is 0 Å². The molecule has 0 radical (unpaired) electrons. The third-order valence-corrected chi connectivity index (χ3v) is 4.32. The average Bonchev–Trinajstić information content (AvgIpc) is 2.82. The van der Waals surface area contributed by atoms with E-state index in [1.807, 2.05) is 28.8 Å². The molecule has 2 aromatic carbocycles. The number of hydrogen-bond donors (Lipinski definition) is 0. The van der Waals surface area contributed by atoms with Crippen LogP contribution in [0.4, 0.5) is 0 Å². The second-order valence-corrected chi connectivity index (χ2v) is 7.18. The van der Waals surface area contributed by atoms with Crippen LogP contribution in [0.15, 0.2) is 40.9 Å². The van der Waals surface area contributed by atoms with Gasteiger partial charge in [-0.05, 0) is 29.1 Å². The van der Waals surface area contributed by atoms with Gasteiger partial charge in [0.05, 0.1) is 5.69 Å². The fourth-order valence-corrected chi connectivity index (χ4v) is 3.09.